The molecule has 21 heavy (non-hydrogen) atoms. The maximum atomic E-state index is 13.0. The molecule has 0 saturated heterocycles. The Bertz CT molecular complexity index is 601. The van der Waals surface area contributed by atoms with Crippen molar-refractivity contribution in [1.82, 2.24) is 0 Å². The highest BCUT2D eigenvalue weighted by molar-refractivity contribution is 5.82. The van der Waals surface area contributed by atoms with Crippen LogP contribution in [0, 0.1) is 11.6 Å². The number of hydrogen-bond acceptors (Lipinski definition) is 0. The van der Waals surface area contributed by atoms with Crippen LogP contribution < -0.4 is 0 Å². The number of rotatable bonds is 2. The quantitative estimate of drug-likeness (QED) is 0.656. The predicted octanol–water partition coefficient (Wildman–Crippen LogP) is 5.35. The number of hydrogen-bond donors (Lipinski definition) is 0. The second-order valence-electron chi connectivity index (χ2n) is 4.51. The molecule has 0 aromatic heterocycles. The molecule has 0 unspecified atom stereocenters. The highest BCUT2D eigenvalue weighted by Crippen LogP contribution is 2.36. The molecule has 0 saturated carbocycles. The van der Waals surface area contributed by atoms with Gasteiger partial charge in [-0.05, 0) is 47.9 Å². The molecule has 0 spiro atoms. The van der Waals surface area contributed by atoms with Gasteiger partial charge < -0.3 is 0 Å². The summed E-state index contributed by atoms with van der Waals surface area (Å²) >= 11 is 0. The maximum Gasteiger partial charge on any atom is 0.413 e. The van der Waals surface area contributed by atoms with E-state index < -0.39 is 23.4 Å². The van der Waals surface area contributed by atoms with E-state index in [1.54, 1.807) is 0 Å². The fourth-order valence-corrected chi connectivity index (χ4v) is 1.97. The molecule has 0 bridgehead atoms. The minimum Gasteiger partial charge on any atom is -0.207 e. The van der Waals surface area contributed by atoms with Crippen LogP contribution in [0.4, 0.5) is 22.0 Å². The molecule has 0 radical (unpaired) electrons. The van der Waals surface area contributed by atoms with Gasteiger partial charge in [0.15, 0.2) is 0 Å². The van der Waals surface area contributed by atoms with Gasteiger partial charge in [-0.3, -0.25) is 0 Å². The molecule has 0 atom stereocenters. The Morgan fingerprint density at radius 1 is 0.714 bits per heavy atom. The summed E-state index contributed by atoms with van der Waals surface area (Å²) in [5.74, 6) is -1.08. The fourth-order valence-electron chi connectivity index (χ4n) is 1.97. The molecule has 2 aromatic carbocycles. The molecule has 110 valence electrons. The average molecular weight is 298 g/mol. The molecule has 0 amide bonds. The summed E-state index contributed by atoms with van der Waals surface area (Å²) in [5, 5.41) is 0. The van der Waals surface area contributed by atoms with Crippen molar-refractivity contribution >= 4 is 5.57 Å². The monoisotopic (exact) mass is 298 g/mol. The summed E-state index contributed by atoms with van der Waals surface area (Å²) in [4.78, 5) is 0. The van der Waals surface area contributed by atoms with Gasteiger partial charge in [0.2, 0.25) is 0 Å². The van der Waals surface area contributed by atoms with E-state index in [4.69, 9.17) is 0 Å². The van der Waals surface area contributed by atoms with Crippen LogP contribution in [0.25, 0.3) is 5.57 Å². The lowest BCUT2D eigenvalue weighted by atomic mass is 9.93. The average Bonchev–Trinajstić information content (AvgIpc) is 2.42. The highest BCUT2D eigenvalue weighted by atomic mass is 19.4. The first-order valence-electron chi connectivity index (χ1n) is 6.09. The van der Waals surface area contributed by atoms with E-state index in [1.165, 1.54) is 24.3 Å². The largest absolute Gasteiger partial charge is 0.413 e. The number of allylic oxidation sites excluding steroid dienone is 1. The number of benzene rings is 2. The van der Waals surface area contributed by atoms with Gasteiger partial charge in [0.25, 0.3) is 0 Å². The molecular formula is C16H11F5. The summed E-state index contributed by atoms with van der Waals surface area (Å²) in [7, 11) is 0. The Morgan fingerprint density at radius 3 is 1.33 bits per heavy atom. The molecule has 0 heterocycles. The summed E-state index contributed by atoms with van der Waals surface area (Å²) in [6, 6.07) is 9.41. The van der Waals surface area contributed by atoms with Gasteiger partial charge in [-0.25, -0.2) is 8.78 Å². The Kier molecular flexibility index (Phi) is 4.11. The van der Waals surface area contributed by atoms with Crippen LogP contribution in [-0.2, 0) is 0 Å². The zero-order chi connectivity index (χ0) is 15.6. The zero-order valence-electron chi connectivity index (χ0n) is 11.0. The second kappa shape index (κ2) is 5.68. The van der Waals surface area contributed by atoms with Gasteiger partial charge in [-0.2, -0.15) is 13.2 Å². The van der Waals surface area contributed by atoms with Crippen molar-refractivity contribution in [2.75, 3.05) is 0 Å². The topological polar surface area (TPSA) is 0 Å². The lowest BCUT2D eigenvalue weighted by Crippen LogP contribution is -2.12. The van der Waals surface area contributed by atoms with E-state index in [1.807, 2.05) is 0 Å². The first kappa shape index (κ1) is 15.2. The van der Waals surface area contributed by atoms with Crippen molar-refractivity contribution in [1.29, 1.82) is 0 Å². The standard InChI is InChI=1S/C16H11F5/c1-10(16(19,20)21)15(11-2-6-13(17)7-3-11)12-4-8-14(18)9-5-12/h2-9H,1H3. The van der Waals surface area contributed by atoms with E-state index >= 15 is 0 Å². The zero-order valence-corrected chi connectivity index (χ0v) is 11.0. The van der Waals surface area contributed by atoms with Crippen molar-refractivity contribution in [3.8, 4) is 0 Å². The van der Waals surface area contributed by atoms with Crippen molar-refractivity contribution < 1.29 is 22.0 Å². The van der Waals surface area contributed by atoms with Gasteiger partial charge >= 0.3 is 6.18 Å². The van der Waals surface area contributed by atoms with Crippen molar-refractivity contribution in [2.45, 2.75) is 13.1 Å². The Morgan fingerprint density at radius 2 is 1.05 bits per heavy atom. The smallest absolute Gasteiger partial charge is 0.207 e. The summed E-state index contributed by atoms with van der Waals surface area (Å²) in [5.41, 5.74) is -0.473. The normalized spacial score (nSPS) is 11.3. The summed E-state index contributed by atoms with van der Waals surface area (Å²) in [6.45, 7) is 0.946. The number of alkyl halides is 3. The Balaban J connectivity index is 2.65. The van der Waals surface area contributed by atoms with Crippen LogP contribution in [0.5, 0.6) is 0 Å². The van der Waals surface area contributed by atoms with Crippen molar-refractivity contribution in [3.63, 3.8) is 0 Å². The minimum absolute atomic E-state index is 0.0949. The van der Waals surface area contributed by atoms with Crippen LogP contribution in [0.1, 0.15) is 18.1 Å². The first-order chi connectivity index (χ1) is 9.79. The minimum atomic E-state index is -4.53. The third-order valence-corrected chi connectivity index (χ3v) is 3.07. The highest BCUT2D eigenvalue weighted by Gasteiger charge is 2.33. The van der Waals surface area contributed by atoms with Crippen molar-refractivity contribution in [2.24, 2.45) is 0 Å². The van der Waals surface area contributed by atoms with Crippen LogP contribution >= 0.6 is 0 Å². The number of halogens is 5. The lowest BCUT2D eigenvalue weighted by Gasteiger charge is -2.16. The molecule has 0 aliphatic rings. The molecule has 0 fully saturated rings. The Hall–Kier alpha value is -2.17. The molecule has 5 heteroatoms. The van der Waals surface area contributed by atoms with Crippen molar-refractivity contribution in [3.05, 3.63) is 76.9 Å². The van der Waals surface area contributed by atoms with Gasteiger partial charge in [0.1, 0.15) is 11.6 Å². The second-order valence-corrected chi connectivity index (χ2v) is 4.51. The van der Waals surface area contributed by atoms with Gasteiger partial charge in [0.05, 0.1) is 0 Å². The molecule has 2 rings (SSSR count). The summed E-state index contributed by atoms with van der Waals surface area (Å²) < 4.78 is 65.0. The molecule has 0 aliphatic heterocycles. The SMILES string of the molecule is CC(=C(c1ccc(F)cc1)c1ccc(F)cc1)C(F)(F)F. The molecule has 0 aliphatic carbocycles. The van der Waals surface area contributed by atoms with Gasteiger partial charge in [0, 0.05) is 5.57 Å². The van der Waals surface area contributed by atoms with E-state index in [9.17, 15) is 22.0 Å². The third kappa shape index (κ3) is 3.48. The van der Waals surface area contributed by atoms with E-state index in [-0.39, 0.29) is 16.7 Å². The first-order valence-corrected chi connectivity index (χ1v) is 6.09. The lowest BCUT2D eigenvalue weighted by molar-refractivity contribution is -0.0906. The van der Waals surface area contributed by atoms with E-state index in [0.717, 1.165) is 31.2 Å². The van der Waals surface area contributed by atoms with Crippen LogP contribution in [0.15, 0.2) is 54.1 Å². The molecule has 0 nitrogen and oxygen atoms in total. The maximum absolute atomic E-state index is 13.0. The van der Waals surface area contributed by atoms with E-state index in [2.05, 4.69) is 0 Å². The third-order valence-electron chi connectivity index (χ3n) is 3.07. The summed E-state index contributed by atoms with van der Waals surface area (Å²) in [6.07, 6.45) is -4.53. The van der Waals surface area contributed by atoms with E-state index in [0.29, 0.717) is 0 Å². The fraction of sp³-hybridized carbons (Fsp3) is 0.125. The van der Waals surface area contributed by atoms with Crippen LogP contribution in [-0.4, -0.2) is 6.18 Å². The van der Waals surface area contributed by atoms with Gasteiger partial charge in [-0.1, -0.05) is 24.3 Å². The van der Waals surface area contributed by atoms with Gasteiger partial charge in [-0.15, -0.1) is 0 Å². The molecule has 2 aromatic rings. The van der Waals surface area contributed by atoms with Crippen LogP contribution in [0.3, 0.4) is 0 Å². The molecular weight excluding hydrogens is 287 g/mol. The Labute approximate surface area is 118 Å². The van der Waals surface area contributed by atoms with Crippen LogP contribution in [0.2, 0.25) is 0 Å². The predicted molar refractivity (Wildman–Crippen MR) is 70.6 cm³/mol. The molecule has 0 N–H and O–H groups in total.